The number of phenolic OH excluding ortho intramolecular Hbond substituents is 1. The minimum atomic E-state index is 0.327. The van der Waals surface area contributed by atoms with Gasteiger partial charge in [0.1, 0.15) is 5.75 Å². The molecule has 0 radical (unpaired) electrons. The molecule has 0 aliphatic carbocycles. The summed E-state index contributed by atoms with van der Waals surface area (Å²) in [5.74, 6) is 0.327. The van der Waals surface area contributed by atoms with Crippen molar-refractivity contribution in [2.45, 2.75) is 13.0 Å². The van der Waals surface area contributed by atoms with E-state index in [1.807, 2.05) is 22.9 Å². The van der Waals surface area contributed by atoms with Crippen LogP contribution in [-0.2, 0) is 13.0 Å². The Morgan fingerprint density at radius 2 is 2.29 bits per heavy atom. The molecule has 0 saturated carbocycles. The topological polar surface area (TPSA) is 38.0 Å². The molecular formula is C11H12N2O. The highest BCUT2D eigenvalue weighted by molar-refractivity contribution is 5.27. The molecule has 1 heterocycles. The zero-order valence-corrected chi connectivity index (χ0v) is 7.80. The van der Waals surface area contributed by atoms with Gasteiger partial charge in [-0.25, -0.2) is 4.98 Å². The van der Waals surface area contributed by atoms with Crippen molar-refractivity contribution in [2.75, 3.05) is 0 Å². The van der Waals surface area contributed by atoms with Crippen LogP contribution >= 0.6 is 0 Å². The van der Waals surface area contributed by atoms with Gasteiger partial charge in [0.15, 0.2) is 0 Å². The first-order chi connectivity index (χ1) is 6.84. The molecule has 2 rings (SSSR count). The highest BCUT2D eigenvalue weighted by Gasteiger charge is 1.95. The molecule has 0 atom stereocenters. The van der Waals surface area contributed by atoms with Gasteiger partial charge in [0.2, 0.25) is 0 Å². The Labute approximate surface area is 82.7 Å². The quantitative estimate of drug-likeness (QED) is 0.798. The van der Waals surface area contributed by atoms with E-state index in [0.717, 1.165) is 18.5 Å². The molecule has 0 amide bonds. The van der Waals surface area contributed by atoms with Gasteiger partial charge in [-0.1, -0.05) is 12.1 Å². The number of aryl methyl sites for hydroxylation is 2. The molecule has 1 aromatic carbocycles. The number of hydrogen-bond donors (Lipinski definition) is 1. The lowest BCUT2D eigenvalue weighted by Gasteiger charge is -2.02. The fourth-order valence-electron chi connectivity index (χ4n) is 1.39. The average Bonchev–Trinajstić information content (AvgIpc) is 2.67. The predicted molar refractivity (Wildman–Crippen MR) is 54.0 cm³/mol. The Morgan fingerprint density at radius 3 is 3.00 bits per heavy atom. The number of nitrogens with zero attached hydrogens (tertiary/aromatic N) is 2. The number of aromatic hydroxyl groups is 1. The second-order valence-corrected chi connectivity index (χ2v) is 3.22. The van der Waals surface area contributed by atoms with Crippen LogP contribution in [0.4, 0.5) is 0 Å². The van der Waals surface area contributed by atoms with Gasteiger partial charge in [-0.3, -0.25) is 0 Å². The first-order valence-corrected chi connectivity index (χ1v) is 4.58. The lowest BCUT2D eigenvalue weighted by atomic mass is 10.1. The van der Waals surface area contributed by atoms with E-state index < -0.39 is 0 Å². The predicted octanol–water partition coefficient (Wildman–Crippen LogP) is 1.83. The smallest absolute Gasteiger partial charge is 0.115 e. The first kappa shape index (κ1) is 8.81. The molecule has 0 aliphatic rings. The number of benzene rings is 1. The van der Waals surface area contributed by atoms with Crippen molar-refractivity contribution in [3.05, 3.63) is 48.5 Å². The third-order valence-electron chi connectivity index (χ3n) is 2.13. The Balaban J connectivity index is 1.98. The van der Waals surface area contributed by atoms with Gasteiger partial charge >= 0.3 is 0 Å². The number of phenols is 1. The van der Waals surface area contributed by atoms with E-state index in [2.05, 4.69) is 4.98 Å². The maximum atomic E-state index is 9.25. The molecule has 0 unspecified atom stereocenters. The normalized spacial score (nSPS) is 10.3. The van der Waals surface area contributed by atoms with E-state index in [9.17, 15) is 5.11 Å². The van der Waals surface area contributed by atoms with Gasteiger partial charge in [-0.2, -0.15) is 0 Å². The van der Waals surface area contributed by atoms with Gasteiger partial charge in [0.25, 0.3) is 0 Å². The zero-order chi connectivity index (χ0) is 9.80. The third-order valence-corrected chi connectivity index (χ3v) is 2.13. The molecule has 3 nitrogen and oxygen atoms in total. The lowest BCUT2D eigenvalue weighted by molar-refractivity contribution is 0.474. The van der Waals surface area contributed by atoms with Crippen molar-refractivity contribution in [2.24, 2.45) is 0 Å². The van der Waals surface area contributed by atoms with Gasteiger partial charge < -0.3 is 9.67 Å². The summed E-state index contributed by atoms with van der Waals surface area (Å²) in [5.41, 5.74) is 1.14. The van der Waals surface area contributed by atoms with Crippen LogP contribution in [0.1, 0.15) is 5.56 Å². The molecule has 2 aromatic rings. The Morgan fingerprint density at radius 1 is 1.36 bits per heavy atom. The molecule has 14 heavy (non-hydrogen) atoms. The molecule has 0 spiro atoms. The van der Waals surface area contributed by atoms with Crippen LogP contribution in [-0.4, -0.2) is 14.7 Å². The van der Waals surface area contributed by atoms with Gasteiger partial charge in [-0.15, -0.1) is 0 Å². The standard InChI is InChI=1S/C11H12N2O/c14-11-3-1-2-10(8-11)4-6-13-7-5-12-9-13/h1-3,5,7-9,14H,4,6H2. The number of aromatic nitrogens is 2. The Bertz CT molecular complexity index is 395. The summed E-state index contributed by atoms with van der Waals surface area (Å²) in [6.07, 6.45) is 6.40. The van der Waals surface area contributed by atoms with Crippen LogP contribution in [0.3, 0.4) is 0 Å². The van der Waals surface area contributed by atoms with Crippen molar-refractivity contribution in [1.29, 1.82) is 0 Å². The summed E-state index contributed by atoms with van der Waals surface area (Å²) in [4.78, 5) is 3.97. The van der Waals surface area contributed by atoms with Gasteiger partial charge in [0, 0.05) is 18.9 Å². The van der Waals surface area contributed by atoms with Crippen LogP contribution < -0.4 is 0 Å². The Kier molecular flexibility index (Phi) is 2.49. The van der Waals surface area contributed by atoms with Crippen LogP contribution in [0, 0.1) is 0 Å². The van der Waals surface area contributed by atoms with E-state index in [-0.39, 0.29) is 0 Å². The number of rotatable bonds is 3. The highest BCUT2D eigenvalue weighted by atomic mass is 16.3. The molecule has 0 fully saturated rings. The van der Waals surface area contributed by atoms with Gasteiger partial charge in [-0.05, 0) is 24.1 Å². The molecule has 0 bridgehead atoms. The fraction of sp³-hybridized carbons (Fsp3) is 0.182. The second kappa shape index (κ2) is 3.96. The van der Waals surface area contributed by atoms with Gasteiger partial charge in [0.05, 0.1) is 6.33 Å². The molecular weight excluding hydrogens is 176 g/mol. The van der Waals surface area contributed by atoms with Crippen molar-refractivity contribution >= 4 is 0 Å². The maximum Gasteiger partial charge on any atom is 0.115 e. The molecule has 1 aromatic heterocycles. The van der Waals surface area contributed by atoms with Crippen molar-refractivity contribution < 1.29 is 5.11 Å². The van der Waals surface area contributed by atoms with E-state index in [1.54, 1.807) is 24.7 Å². The van der Waals surface area contributed by atoms with Crippen LogP contribution in [0.25, 0.3) is 0 Å². The number of hydrogen-bond acceptors (Lipinski definition) is 2. The Hall–Kier alpha value is -1.77. The van der Waals surface area contributed by atoms with Crippen molar-refractivity contribution in [3.63, 3.8) is 0 Å². The van der Waals surface area contributed by atoms with E-state index in [4.69, 9.17) is 0 Å². The largest absolute Gasteiger partial charge is 0.508 e. The summed E-state index contributed by atoms with van der Waals surface area (Å²) in [6, 6.07) is 7.34. The number of imidazole rings is 1. The minimum Gasteiger partial charge on any atom is -0.508 e. The monoisotopic (exact) mass is 188 g/mol. The minimum absolute atomic E-state index is 0.327. The lowest BCUT2D eigenvalue weighted by Crippen LogP contribution is -1.97. The molecule has 0 aliphatic heterocycles. The van der Waals surface area contributed by atoms with Crippen LogP contribution in [0.2, 0.25) is 0 Å². The third kappa shape index (κ3) is 2.13. The van der Waals surface area contributed by atoms with E-state index >= 15 is 0 Å². The van der Waals surface area contributed by atoms with Crippen molar-refractivity contribution in [3.8, 4) is 5.75 Å². The zero-order valence-electron chi connectivity index (χ0n) is 7.80. The summed E-state index contributed by atoms with van der Waals surface area (Å²) in [6.45, 7) is 0.892. The average molecular weight is 188 g/mol. The van der Waals surface area contributed by atoms with Crippen LogP contribution in [0.5, 0.6) is 5.75 Å². The molecule has 1 N–H and O–H groups in total. The van der Waals surface area contributed by atoms with Crippen molar-refractivity contribution in [1.82, 2.24) is 9.55 Å². The first-order valence-electron chi connectivity index (χ1n) is 4.58. The SMILES string of the molecule is Oc1cccc(CCn2ccnc2)c1. The van der Waals surface area contributed by atoms with Crippen LogP contribution in [0.15, 0.2) is 43.0 Å². The van der Waals surface area contributed by atoms with E-state index in [1.165, 1.54) is 0 Å². The molecule has 0 saturated heterocycles. The molecule has 72 valence electrons. The summed E-state index contributed by atoms with van der Waals surface area (Å²) in [7, 11) is 0. The van der Waals surface area contributed by atoms with E-state index in [0.29, 0.717) is 5.75 Å². The fourth-order valence-corrected chi connectivity index (χ4v) is 1.39. The second-order valence-electron chi connectivity index (χ2n) is 3.22. The highest BCUT2D eigenvalue weighted by Crippen LogP contribution is 2.11. The maximum absolute atomic E-state index is 9.25. The molecule has 3 heteroatoms. The summed E-state index contributed by atoms with van der Waals surface area (Å²) in [5, 5.41) is 9.25. The summed E-state index contributed by atoms with van der Waals surface area (Å²) >= 11 is 0. The summed E-state index contributed by atoms with van der Waals surface area (Å²) < 4.78 is 2.02.